The summed E-state index contributed by atoms with van der Waals surface area (Å²) < 4.78 is 42.8. The first kappa shape index (κ1) is 26.0. The number of nitrogens with one attached hydrogen (secondary N) is 2. The number of hydrogen-bond donors (Lipinski definition) is 2. The number of aromatic nitrogens is 5. The quantitative estimate of drug-likeness (QED) is 0.382. The molecule has 3 aliphatic rings. The maximum Gasteiger partial charge on any atom is 0.282 e. The lowest BCUT2D eigenvalue weighted by Crippen LogP contribution is -2.29. The van der Waals surface area contributed by atoms with Gasteiger partial charge in [0, 0.05) is 53.7 Å². The number of rotatable bonds is 10. The zero-order chi connectivity index (χ0) is 27.4. The Morgan fingerprint density at radius 1 is 1.28 bits per heavy atom. The average molecular weight is 562 g/mol. The minimum Gasteiger partial charge on any atom is -0.352 e. The second-order valence-corrected chi connectivity index (χ2v) is 12.1. The van der Waals surface area contributed by atoms with E-state index >= 15 is 0 Å². The molecule has 13 heteroatoms. The van der Waals surface area contributed by atoms with Crippen molar-refractivity contribution in [3.63, 3.8) is 0 Å². The molecule has 2 fully saturated rings. The predicted molar refractivity (Wildman–Crippen MR) is 138 cm³/mol. The highest BCUT2D eigenvalue weighted by Gasteiger charge is 2.41. The Balaban J connectivity index is 1.25. The Labute approximate surface area is 227 Å². The first-order valence-corrected chi connectivity index (χ1v) is 14.1. The number of alkyl halides is 3. The van der Waals surface area contributed by atoms with E-state index in [0.29, 0.717) is 42.5 Å². The van der Waals surface area contributed by atoms with E-state index in [1.165, 1.54) is 22.1 Å². The first-order valence-electron chi connectivity index (χ1n) is 13.3. The third-order valence-corrected chi connectivity index (χ3v) is 9.37. The van der Waals surface area contributed by atoms with E-state index in [1.807, 2.05) is 4.57 Å². The van der Waals surface area contributed by atoms with Crippen molar-refractivity contribution in [2.24, 2.45) is 24.8 Å². The lowest BCUT2D eigenvalue weighted by Gasteiger charge is -2.25. The van der Waals surface area contributed by atoms with E-state index in [1.54, 1.807) is 13.4 Å². The summed E-state index contributed by atoms with van der Waals surface area (Å²) in [4.78, 5) is 28.2. The van der Waals surface area contributed by atoms with Gasteiger partial charge in [0.15, 0.2) is 0 Å². The molecule has 0 unspecified atom stereocenters. The van der Waals surface area contributed by atoms with Crippen LogP contribution in [0.25, 0.3) is 0 Å². The van der Waals surface area contributed by atoms with Crippen LogP contribution in [0.5, 0.6) is 0 Å². The number of anilines is 2. The standard InChI is InChI=1S/C26H30F3N7O2S/c1-12-5-15(12)19(37)9-21-23(25(38)30-10-13-6-17(13)27)16-7-14(3-4-20(16)39-21)36-11-31-33-26(36)32-22-8-18(24(28)29)34-35(22)2/h8,11-15,17,24H,3-7,9-10H2,1-2H3,(H,30,38)(H,32,33)/t12-,13-,14-,15-,17-/m0/s1. The van der Waals surface area contributed by atoms with Gasteiger partial charge in [0.05, 0.1) is 5.56 Å². The highest BCUT2D eigenvalue weighted by Crippen LogP contribution is 2.43. The molecule has 208 valence electrons. The van der Waals surface area contributed by atoms with Crippen molar-refractivity contribution >= 4 is 34.8 Å². The molecule has 3 aliphatic carbocycles. The van der Waals surface area contributed by atoms with E-state index in [2.05, 4.69) is 32.9 Å². The topological polar surface area (TPSA) is 107 Å². The number of nitrogens with zero attached hydrogens (tertiary/aromatic N) is 5. The number of halogens is 3. The van der Waals surface area contributed by atoms with Gasteiger partial charge in [-0.15, -0.1) is 21.5 Å². The lowest BCUT2D eigenvalue weighted by atomic mass is 9.89. The summed E-state index contributed by atoms with van der Waals surface area (Å²) >= 11 is 1.53. The van der Waals surface area contributed by atoms with Crippen LogP contribution in [0.1, 0.15) is 70.0 Å². The molecule has 39 heavy (non-hydrogen) atoms. The van der Waals surface area contributed by atoms with Crippen molar-refractivity contribution in [2.75, 3.05) is 11.9 Å². The Hall–Kier alpha value is -3.22. The summed E-state index contributed by atoms with van der Waals surface area (Å²) in [5, 5.41) is 18.0. The Morgan fingerprint density at radius 3 is 2.72 bits per heavy atom. The van der Waals surface area contributed by atoms with Gasteiger partial charge in [0.1, 0.15) is 29.8 Å². The molecule has 2 N–H and O–H groups in total. The molecule has 5 atom stereocenters. The number of hydrogen-bond acceptors (Lipinski definition) is 7. The molecule has 0 aliphatic heterocycles. The van der Waals surface area contributed by atoms with E-state index in [4.69, 9.17) is 0 Å². The van der Waals surface area contributed by atoms with Crippen molar-refractivity contribution in [1.29, 1.82) is 0 Å². The minimum absolute atomic E-state index is 0.0646. The number of Topliss-reactive ketones (excluding diaryl/α,β-unsaturated/α-hetero) is 1. The third-order valence-electron chi connectivity index (χ3n) is 8.08. The van der Waals surface area contributed by atoms with Crippen LogP contribution in [0, 0.1) is 17.8 Å². The average Bonchev–Trinajstić information content (AvgIpc) is 3.60. The van der Waals surface area contributed by atoms with Crippen LogP contribution in [0.15, 0.2) is 12.4 Å². The molecule has 0 aromatic carbocycles. The number of amides is 1. The largest absolute Gasteiger partial charge is 0.352 e. The van der Waals surface area contributed by atoms with Gasteiger partial charge in [-0.25, -0.2) is 13.2 Å². The molecular formula is C26H30F3N7O2S. The molecule has 0 spiro atoms. The monoisotopic (exact) mass is 561 g/mol. The Morgan fingerprint density at radius 2 is 2.05 bits per heavy atom. The van der Waals surface area contributed by atoms with Crippen LogP contribution in [-0.2, 0) is 31.1 Å². The van der Waals surface area contributed by atoms with Gasteiger partial charge in [0.25, 0.3) is 12.3 Å². The smallest absolute Gasteiger partial charge is 0.282 e. The van der Waals surface area contributed by atoms with Gasteiger partial charge < -0.3 is 10.6 Å². The van der Waals surface area contributed by atoms with Crippen molar-refractivity contribution in [3.05, 3.63) is 39.0 Å². The molecule has 0 saturated heterocycles. The Kier molecular flexibility index (Phi) is 6.72. The molecular weight excluding hydrogens is 531 g/mol. The fourth-order valence-electron chi connectivity index (χ4n) is 5.47. The second-order valence-electron chi connectivity index (χ2n) is 10.9. The van der Waals surface area contributed by atoms with Crippen LogP contribution in [-0.4, -0.2) is 49.0 Å². The summed E-state index contributed by atoms with van der Waals surface area (Å²) in [6, 6.07) is 1.18. The van der Waals surface area contributed by atoms with Gasteiger partial charge in [-0.1, -0.05) is 6.92 Å². The summed E-state index contributed by atoms with van der Waals surface area (Å²) in [6.45, 7) is 2.35. The number of carbonyl (C=O) groups excluding carboxylic acids is 2. The molecule has 6 rings (SSSR count). The van der Waals surface area contributed by atoms with Crippen molar-refractivity contribution in [1.82, 2.24) is 29.9 Å². The molecule has 2 saturated carbocycles. The van der Waals surface area contributed by atoms with Crippen molar-refractivity contribution in [3.8, 4) is 0 Å². The maximum absolute atomic E-state index is 13.4. The van der Waals surface area contributed by atoms with E-state index in [-0.39, 0.29) is 48.2 Å². The molecule has 0 bridgehead atoms. The van der Waals surface area contributed by atoms with E-state index < -0.39 is 12.6 Å². The number of thiophene rings is 1. The van der Waals surface area contributed by atoms with Crippen LogP contribution >= 0.6 is 11.3 Å². The lowest BCUT2D eigenvalue weighted by molar-refractivity contribution is -0.119. The number of carbonyl (C=O) groups is 2. The molecule has 3 heterocycles. The van der Waals surface area contributed by atoms with Gasteiger partial charge in [-0.05, 0) is 43.6 Å². The van der Waals surface area contributed by atoms with Gasteiger partial charge in [-0.3, -0.25) is 18.8 Å². The molecule has 1 amide bonds. The fourth-order valence-corrected chi connectivity index (χ4v) is 6.83. The number of aryl methyl sites for hydroxylation is 2. The minimum atomic E-state index is -2.69. The van der Waals surface area contributed by atoms with Crippen molar-refractivity contribution < 1.29 is 22.8 Å². The zero-order valence-electron chi connectivity index (χ0n) is 21.7. The summed E-state index contributed by atoms with van der Waals surface area (Å²) in [7, 11) is 1.57. The molecule has 9 nitrogen and oxygen atoms in total. The third kappa shape index (κ3) is 5.20. The number of fused-ring (bicyclic) bond motifs is 1. The van der Waals surface area contributed by atoms with Gasteiger partial charge >= 0.3 is 0 Å². The highest BCUT2D eigenvalue weighted by molar-refractivity contribution is 7.12. The normalized spacial score (nSPS) is 25.4. The second kappa shape index (κ2) is 10.1. The van der Waals surface area contributed by atoms with Crippen LogP contribution in [0.4, 0.5) is 24.9 Å². The highest BCUT2D eigenvalue weighted by atomic mass is 32.1. The van der Waals surface area contributed by atoms with Crippen LogP contribution in [0.2, 0.25) is 0 Å². The van der Waals surface area contributed by atoms with E-state index in [9.17, 15) is 22.8 Å². The summed E-state index contributed by atoms with van der Waals surface area (Å²) in [5.41, 5.74) is 1.12. The predicted octanol–water partition coefficient (Wildman–Crippen LogP) is 4.34. The summed E-state index contributed by atoms with van der Waals surface area (Å²) in [6.07, 6.45) is 1.63. The summed E-state index contributed by atoms with van der Waals surface area (Å²) in [5.74, 6) is 0.965. The van der Waals surface area contributed by atoms with E-state index in [0.717, 1.165) is 28.2 Å². The van der Waals surface area contributed by atoms with Crippen LogP contribution in [0.3, 0.4) is 0 Å². The molecule has 3 aromatic rings. The Bertz CT molecular complexity index is 1420. The maximum atomic E-state index is 13.4. The zero-order valence-corrected chi connectivity index (χ0v) is 22.5. The van der Waals surface area contributed by atoms with Crippen molar-refractivity contribution in [2.45, 2.75) is 64.1 Å². The van der Waals surface area contributed by atoms with Gasteiger partial charge in [0.2, 0.25) is 5.95 Å². The number of ketones is 1. The molecule has 0 radical (unpaired) electrons. The first-order chi connectivity index (χ1) is 18.7. The van der Waals surface area contributed by atoms with Gasteiger partial charge in [-0.2, -0.15) is 5.10 Å². The van der Waals surface area contributed by atoms with Crippen LogP contribution < -0.4 is 10.6 Å². The fraction of sp³-hybridized carbons (Fsp3) is 0.577. The SMILES string of the molecule is C[C@H]1C[C@@H]1C(=O)Cc1sc2c(c1C(=O)NC[C@@H]1C[C@@H]1F)C[C@@H](n1cnnc1Nc1cc(C(F)F)nn1C)CC2. The molecule has 3 aromatic heterocycles.